The quantitative estimate of drug-likeness (QED) is 0.840. The number of carbonyl (C=O) groups is 1. The molecular weight excluding hydrogens is 285 g/mol. The smallest absolute Gasteiger partial charge is 0.183 e. The third-order valence-electron chi connectivity index (χ3n) is 3.55. The summed E-state index contributed by atoms with van der Waals surface area (Å²) >= 11 is 11.8. The van der Waals surface area contributed by atoms with Crippen LogP contribution in [0.4, 0.5) is 0 Å². The fourth-order valence-electron chi connectivity index (χ4n) is 2.68. The van der Waals surface area contributed by atoms with Crippen molar-refractivity contribution in [2.75, 3.05) is 6.54 Å². The number of halogens is 2. The Labute approximate surface area is 122 Å². The van der Waals surface area contributed by atoms with Crippen LogP contribution in [0.15, 0.2) is 18.2 Å². The maximum absolute atomic E-state index is 12.7. The second-order valence-electron chi connectivity index (χ2n) is 5.03. The summed E-state index contributed by atoms with van der Waals surface area (Å²) in [5, 5.41) is 13.7. The summed E-state index contributed by atoms with van der Waals surface area (Å²) in [6.07, 6.45) is 1.54. The molecule has 2 N–H and O–H groups in total. The van der Waals surface area contributed by atoms with Gasteiger partial charge in [0.2, 0.25) is 0 Å². The molecule has 1 aromatic rings. The van der Waals surface area contributed by atoms with Crippen molar-refractivity contribution >= 4 is 29.0 Å². The molecule has 0 radical (unpaired) electrons. The van der Waals surface area contributed by atoms with Gasteiger partial charge in [0.25, 0.3) is 0 Å². The van der Waals surface area contributed by atoms with Crippen LogP contribution < -0.4 is 5.32 Å². The predicted molar refractivity (Wildman–Crippen MR) is 77.1 cm³/mol. The molecule has 0 amide bonds. The number of aliphatic hydroxyl groups is 1. The van der Waals surface area contributed by atoms with E-state index in [4.69, 9.17) is 23.2 Å². The van der Waals surface area contributed by atoms with Crippen molar-refractivity contribution in [1.82, 2.24) is 5.32 Å². The van der Waals surface area contributed by atoms with Crippen LogP contribution in [0.25, 0.3) is 0 Å². The van der Waals surface area contributed by atoms with E-state index in [1.54, 1.807) is 18.2 Å². The largest absolute Gasteiger partial charge is 0.392 e. The average Bonchev–Trinajstić information content (AvgIpc) is 2.75. The van der Waals surface area contributed by atoms with Gasteiger partial charge < -0.3 is 10.4 Å². The van der Waals surface area contributed by atoms with Crippen molar-refractivity contribution in [2.45, 2.75) is 37.8 Å². The highest BCUT2D eigenvalue weighted by molar-refractivity contribution is 6.42. The van der Waals surface area contributed by atoms with Gasteiger partial charge in [-0.2, -0.15) is 0 Å². The van der Waals surface area contributed by atoms with Gasteiger partial charge in [-0.25, -0.2) is 0 Å². The van der Waals surface area contributed by atoms with E-state index in [0.29, 0.717) is 35.0 Å². The lowest BCUT2D eigenvalue weighted by atomic mass is 9.83. The van der Waals surface area contributed by atoms with Gasteiger partial charge in [-0.3, -0.25) is 4.79 Å². The molecule has 1 aliphatic rings. The van der Waals surface area contributed by atoms with Gasteiger partial charge in [-0.1, -0.05) is 36.5 Å². The Morgan fingerprint density at radius 2 is 2.21 bits per heavy atom. The van der Waals surface area contributed by atoms with E-state index < -0.39 is 11.6 Å². The fraction of sp³-hybridized carbons (Fsp3) is 0.500. The number of ketones is 1. The molecule has 1 aliphatic heterocycles. The predicted octanol–water partition coefficient (Wildman–Crippen LogP) is 3.07. The highest BCUT2D eigenvalue weighted by Gasteiger charge is 2.43. The van der Waals surface area contributed by atoms with Gasteiger partial charge in [0.15, 0.2) is 5.78 Å². The van der Waals surface area contributed by atoms with Gasteiger partial charge in [-0.05, 0) is 24.6 Å². The summed E-state index contributed by atoms with van der Waals surface area (Å²) in [7, 11) is 0. The Hall–Kier alpha value is -0.610. The monoisotopic (exact) mass is 301 g/mol. The molecule has 1 heterocycles. The van der Waals surface area contributed by atoms with E-state index in [-0.39, 0.29) is 5.78 Å². The molecular formula is C14H17Cl2NO2. The van der Waals surface area contributed by atoms with Gasteiger partial charge in [-0.15, -0.1) is 0 Å². The molecule has 2 atom stereocenters. The lowest BCUT2D eigenvalue weighted by Crippen LogP contribution is -2.47. The van der Waals surface area contributed by atoms with Crippen LogP contribution in [0.3, 0.4) is 0 Å². The lowest BCUT2D eigenvalue weighted by molar-refractivity contribution is 0.0837. The Morgan fingerprint density at radius 1 is 1.47 bits per heavy atom. The second-order valence-corrected chi connectivity index (χ2v) is 5.84. The van der Waals surface area contributed by atoms with Crippen molar-refractivity contribution in [3.8, 4) is 0 Å². The molecule has 0 spiro atoms. The molecule has 0 saturated carbocycles. The SMILES string of the molecule is CCC[C@]1(C(=O)c2ccc(Cl)c(Cl)c2)CC(O)CN1. The Morgan fingerprint density at radius 3 is 2.74 bits per heavy atom. The van der Waals surface area contributed by atoms with Gasteiger partial charge >= 0.3 is 0 Å². The van der Waals surface area contributed by atoms with Gasteiger partial charge in [0, 0.05) is 18.5 Å². The zero-order valence-electron chi connectivity index (χ0n) is 10.7. The summed E-state index contributed by atoms with van der Waals surface area (Å²) in [4.78, 5) is 12.7. The van der Waals surface area contributed by atoms with E-state index in [2.05, 4.69) is 5.32 Å². The van der Waals surface area contributed by atoms with Crippen molar-refractivity contribution in [3.05, 3.63) is 33.8 Å². The molecule has 19 heavy (non-hydrogen) atoms. The van der Waals surface area contributed by atoms with E-state index in [1.807, 2.05) is 6.92 Å². The number of hydrogen-bond donors (Lipinski definition) is 2. The van der Waals surface area contributed by atoms with Crippen LogP contribution in [0.2, 0.25) is 10.0 Å². The molecule has 1 unspecified atom stereocenters. The van der Waals surface area contributed by atoms with Crippen molar-refractivity contribution < 1.29 is 9.90 Å². The molecule has 2 rings (SSSR count). The normalized spacial score (nSPS) is 26.6. The number of carbonyl (C=O) groups excluding carboxylic acids is 1. The summed E-state index contributed by atoms with van der Waals surface area (Å²) in [6, 6.07) is 4.90. The summed E-state index contributed by atoms with van der Waals surface area (Å²) in [5.41, 5.74) is -0.143. The number of aliphatic hydroxyl groups excluding tert-OH is 1. The number of Topliss-reactive ketones (excluding diaryl/α,β-unsaturated/α-hetero) is 1. The highest BCUT2D eigenvalue weighted by atomic mass is 35.5. The summed E-state index contributed by atoms with van der Waals surface area (Å²) in [6.45, 7) is 2.48. The first-order valence-corrected chi connectivity index (χ1v) is 7.17. The molecule has 0 aliphatic carbocycles. The van der Waals surface area contributed by atoms with E-state index in [0.717, 1.165) is 6.42 Å². The third kappa shape index (κ3) is 2.95. The number of hydrogen-bond acceptors (Lipinski definition) is 3. The standard InChI is InChI=1S/C14H17Cl2NO2/c1-2-5-14(7-10(18)8-17-14)13(19)9-3-4-11(15)12(16)6-9/h3-4,6,10,17-18H,2,5,7-8H2,1H3/t10?,14-/m1/s1. The van der Waals surface area contributed by atoms with Crippen LogP contribution in [0, 0.1) is 0 Å². The van der Waals surface area contributed by atoms with Crippen LogP contribution in [0.1, 0.15) is 36.5 Å². The topological polar surface area (TPSA) is 49.3 Å². The van der Waals surface area contributed by atoms with Crippen molar-refractivity contribution in [1.29, 1.82) is 0 Å². The van der Waals surface area contributed by atoms with Crippen molar-refractivity contribution in [2.24, 2.45) is 0 Å². The Kier molecular flexibility index (Phi) is 4.51. The second kappa shape index (κ2) is 5.80. The molecule has 0 aromatic heterocycles. The summed E-state index contributed by atoms with van der Waals surface area (Å²) < 4.78 is 0. The zero-order valence-corrected chi connectivity index (χ0v) is 12.3. The third-order valence-corrected chi connectivity index (χ3v) is 4.29. The molecule has 3 nitrogen and oxygen atoms in total. The Bertz CT molecular complexity index is 488. The molecule has 1 saturated heterocycles. The molecule has 104 valence electrons. The van der Waals surface area contributed by atoms with Crippen LogP contribution in [-0.4, -0.2) is 29.1 Å². The average molecular weight is 302 g/mol. The minimum absolute atomic E-state index is 0.0236. The van der Waals surface area contributed by atoms with Gasteiger partial charge in [0.05, 0.1) is 21.7 Å². The van der Waals surface area contributed by atoms with E-state index >= 15 is 0 Å². The van der Waals surface area contributed by atoms with Crippen LogP contribution in [-0.2, 0) is 0 Å². The fourth-order valence-corrected chi connectivity index (χ4v) is 2.98. The minimum Gasteiger partial charge on any atom is -0.392 e. The lowest BCUT2D eigenvalue weighted by Gasteiger charge is -2.27. The van der Waals surface area contributed by atoms with E-state index in [9.17, 15) is 9.90 Å². The zero-order chi connectivity index (χ0) is 14.0. The summed E-state index contributed by atoms with van der Waals surface area (Å²) in [5.74, 6) is -0.0236. The molecule has 0 bridgehead atoms. The van der Waals surface area contributed by atoms with Crippen LogP contribution in [0.5, 0.6) is 0 Å². The minimum atomic E-state index is -0.675. The number of β-amino-alcohol motifs (C(OH)–C–C–N with tert-alkyl or cyclic N) is 1. The number of benzene rings is 1. The first-order valence-electron chi connectivity index (χ1n) is 6.41. The van der Waals surface area contributed by atoms with E-state index in [1.165, 1.54) is 0 Å². The molecule has 1 aromatic carbocycles. The highest BCUT2D eigenvalue weighted by Crippen LogP contribution is 2.31. The van der Waals surface area contributed by atoms with Crippen molar-refractivity contribution in [3.63, 3.8) is 0 Å². The molecule has 5 heteroatoms. The number of rotatable bonds is 4. The molecule has 1 fully saturated rings. The first-order chi connectivity index (χ1) is 8.98. The number of nitrogens with one attached hydrogen (secondary N) is 1. The Balaban J connectivity index is 2.32. The van der Waals surface area contributed by atoms with Crippen LogP contribution >= 0.6 is 23.2 Å². The first kappa shape index (κ1) is 14.8. The maximum Gasteiger partial charge on any atom is 0.183 e. The van der Waals surface area contributed by atoms with Gasteiger partial charge in [0.1, 0.15) is 0 Å². The maximum atomic E-state index is 12.7.